The number of benzene rings is 1. The Labute approximate surface area is 189 Å². The number of rotatable bonds is 4. The Hall–Kier alpha value is -1.76. The quantitative estimate of drug-likeness (QED) is 0.180. The molecule has 0 bridgehead atoms. The second-order valence-corrected chi connectivity index (χ2v) is 8.80. The van der Waals surface area contributed by atoms with Crippen LogP contribution in [-0.4, -0.2) is 26.8 Å². The van der Waals surface area contributed by atoms with Crippen molar-refractivity contribution < 1.29 is 4.79 Å². The van der Waals surface area contributed by atoms with Crippen LogP contribution in [0.25, 0.3) is 0 Å². The summed E-state index contributed by atoms with van der Waals surface area (Å²) in [5.41, 5.74) is 0.795. The van der Waals surface area contributed by atoms with E-state index in [1.807, 2.05) is 0 Å². The van der Waals surface area contributed by atoms with Gasteiger partial charge in [-0.3, -0.25) is 9.78 Å². The molecule has 7 nitrogen and oxygen atoms in total. The molecule has 3 N–H and O–H groups in total. The molecule has 1 atom stereocenters. The van der Waals surface area contributed by atoms with Gasteiger partial charge in [-0.15, -0.1) is 4.99 Å². The fourth-order valence-electron chi connectivity index (χ4n) is 1.90. The minimum Gasteiger partial charge on any atom is -0.331 e. The summed E-state index contributed by atoms with van der Waals surface area (Å²) in [5.74, 6) is -0.594. The van der Waals surface area contributed by atoms with Gasteiger partial charge >= 0.3 is 0 Å². The van der Waals surface area contributed by atoms with Gasteiger partial charge in [-0.2, -0.15) is 5.26 Å². The first-order valence-corrected chi connectivity index (χ1v) is 9.74. The van der Waals surface area contributed by atoms with Gasteiger partial charge in [0.25, 0.3) is 5.91 Å². The number of carbonyl (C=O) groups excluding carboxylic acids is 1. The highest BCUT2D eigenvalue weighted by Gasteiger charge is 2.35. The van der Waals surface area contributed by atoms with Gasteiger partial charge in [-0.05, 0) is 46.3 Å². The molecule has 0 aliphatic rings. The fourth-order valence-corrected chi connectivity index (χ4v) is 2.67. The van der Waals surface area contributed by atoms with Crippen molar-refractivity contribution in [2.75, 3.05) is 5.32 Å². The monoisotopic (exact) mass is 522 g/mol. The molecule has 2 rings (SSSR count). The molecular formula is C16H11BrCl4N6O. The van der Waals surface area contributed by atoms with E-state index in [9.17, 15) is 4.79 Å². The lowest BCUT2D eigenvalue weighted by atomic mass is 10.2. The van der Waals surface area contributed by atoms with E-state index in [4.69, 9.17) is 51.7 Å². The normalized spacial score (nSPS) is 12.6. The van der Waals surface area contributed by atoms with Gasteiger partial charge in [-0.25, -0.2) is 0 Å². The number of carbonyl (C=O) groups is 1. The highest BCUT2D eigenvalue weighted by molar-refractivity contribution is 9.10. The summed E-state index contributed by atoms with van der Waals surface area (Å²) in [6, 6.07) is 7.82. The smallest absolute Gasteiger partial charge is 0.252 e. The number of aromatic nitrogens is 1. The number of guanidine groups is 1. The summed E-state index contributed by atoms with van der Waals surface area (Å²) >= 11 is 27.1. The molecular weight excluding hydrogens is 514 g/mol. The molecule has 0 radical (unpaired) electrons. The van der Waals surface area contributed by atoms with Gasteiger partial charge in [0.15, 0.2) is 0 Å². The van der Waals surface area contributed by atoms with Gasteiger partial charge in [0.05, 0.1) is 11.9 Å². The molecule has 2 aromatic rings. The van der Waals surface area contributed by atoms with Crippen LogP contribution in [-0.2, 0) is 0 Å². The molecule has 0 fully saturated rings. The highest BCUT2D eigenvalue weighted by Crippen LogP contribution is 2.29. The summed E-state index contributed by atoms with van der Waals surface area (Å²) in [6.07, 6.45) is 3.47. The van der Waals surface area contributed by atoms with Crippen molar-refractivity contribution in [2.24, 2.45) is 4.99 Å². The summed E-state index contributed by atoms with van der Waals surface area (Å²) in [4.78, 5) is 20.0. The summed E-state index contributed by atoms with van der Waals surface area (Å²) in [6.45, 7) is 0. The third-order valence-electron chi connectivity index (χ3n) is 3.17. The minimum atomic E-state index is -1.97. The van der Waals surface area contributed by atoms with Crippen molar-refractivity contribution in [3.05, 3.63) is 57.8 Å². The van der Waals surface area contributed by atoms with Crippen molar-refractivity contribution >= 4 is 79.9 Å². The SMILES string of the molecule is N#C/N=C(/Nc1cnccc1Br)NC(NC(=O)c1ccc(Cl)cc1)C(Cl)(Cl)Cl. The number of anilines is 1. The van der Waals surface area contributed by atoms with E-state index < -0.39 is 15.9 Å². The van der Waals surface area contributed by atoms with E-state index in [2.05, 4.69) is 41.9 Å². The zero-order valence-corrected chi connectivity index (χ0v) is 18.4. The molecule has 0 saturated carbocycles. The number of hydrogen-bond acceptors (Lipinski definition) is 4. The van der Waals surface area contributed by atoms with Gasteiger partial charge in [-0.1, -0.05) is 46.4 Å². The van der Waals surface area contributed by atoms with Crippen LogP contribution in [0.2, 0.25) is 5.02 Å². The van der Waals surface area contributed by atoms with E-state index in [1.54, 1.807) is 30.6 Å². The topological polar surface area (TPSA) is 102 Å². The van der Waals surface area contributed by atoms with Crippen molar-refractivity contribution in [3.63, 3.8) is 0 Å². The van der Waals surface area contributed by atoms with E-state index in [0.717, 1.165) is 0 Å². The Kier molecular flexibility index (Phi) is 8.16. The summed E-state index contributed by atoms with van der Waals surface area (Å²) in [5, 5.41) is 17.5. The Bertz CT molecular complexity index is 911. The van der Waals surface area contributed by atoms with Gasteiger partial charge in [0.1, 0.15) is 6.17 Å². The first-order valence-electron chi connectivity index (χ1n) is 7.43. The van der Waals surface area contributed by atoms with E-state index >= 15 is 0 Å². The van der Waals surface area contributed by atoms with Crippen LogP contribution in [0.1, 0.15) is 10.4 Å². The average molecular weight is 525 g/mol. The maximum atomic E-state index is 12.5. The molecule has 0 aliphatic carbocycles. The number of nitrogens with one attached hydrogen (secondary N) is 3. The molecule has 1 amide bonds. The number of pyridine rings is 1. The number of nitrogens with zero attached hydrogens (tertiary/aromatic N) is 3. The van der Waals surface area contributed by atoms with Crippen molar-refractivity contribution in [1.82, 2.24) is 15.6 Å². The number of alkyl halides is 3. The van der Waals surface area contributed by atoms with Crippen molar-refractivity contribution in [1.29, 1.82) is 5.26 Å². The molecule has 0 spiro atoms. The number of halogens is 5. The fraction of sp³-hybridized carbons (Fsp3) is 0.125. The van der Waals surface area contributed by atoms with Gasteiger partial charge < -0.3 is 16.0 Å². The number of nitriles is 1. The van der Waals surface area contributed by atoms with Gasteiger partial charge in [0.2, 0.25) is 15.9 Å². The predicted octanol–water partition coefficient (Wildman–Crippen LogP) is 4.46. The minimum absolute atomic E-state index is 0.0658. The lowest BCUT2D eigenvalue weighted by Gasteiger charge is -2.28. The molecule has 1 unspecified atom stereocenters. The van der Waals surface area contributed by atoms with Crippen LogP contribution in [0.3, 0.4) is 0 Å². The Morgan fingerprint density at radius 1 is 1.21 bits per heavy atom. The van der Waals surface area contributed by atoms with E-state index in [1.165, 1.54) is 18.3 Å². The predicted molar refractivity (Wildman–Crippen MR) is 115 cm³/mol. The number of hydrogen-bond donors (Lipinski definition) is 3. The lowest BCUT2D eigenvalue weighted by Crippen LogP contribution is -2.56. The second kappa shape index (κ2) is 10.1. The number of aliphatic imine (C=N–C) groups is 1. The molecule has 1 aromatic heterocycles. The molecule has 12 heteroatoms. The highest BCUT2D eigenvalue weighted by atomic mass is 79.9. The van der Waals surface area contributed by atoms with Crippen LogP contribution >= 0.6 is 62.3 Å². The van der Waals surface area contributed by atoms with Crippen molar-refractivity contribution in [3.8, 4) is 6.19 Å². The van der Waals surface area contributed by atoms with Crippen LogP contribution < -0.4 is 16.0 Å². The van der Waals surface area contributed by atoms with Crippen molar-refractivity contribution in [2.45, 2.75) is 9.96 Å². The first kappa shape index (κ1) is 22.5. The zero-order valence-electron chi connectivity index (χ0n) is 13.8. The summed E-state index contributed by atoms with van der Waals surface area (Å²) in [7, 11) is 0. The average Bonchev–Trinajstić information content (AvgIpc) is 2.63. The van der Waals surface area contributed by atoms with Crippen LogP contribution in [0, 0.1) is 11.5 Å². The zero-order chi connectivity index (χ0) is 20.7. The van der Waals surface area contributed by atoms with Crippen LogP contribution in [0.4, 0.5) is 5.69 Å². The first-order chi connectivity index (χ1) is 13.2. The standard InChI is InChI=1S/C16H11BrCl4N6O/c17-11-5-6-23-7-12(11)25-15(24-8-22)27-14(16(19,20)21)26-13(28)9-1-3-10(18)4-2-9/h1-7,14H,(H,26,28)(H2,24,25,27). The van der Waals surface area contributed by atoms with Gasteiger partial charge in [0, 0.05) is 21.3 Å². The van der Waals surface area contributed by atoms with E-state index in [-0.39, 0.29) is 5.96 Å². The van der Waals surface area contributed by atoms with Crippen LogP contribution in [0.15, 0.2) is 52.2 Å². The molecule has 146 valence electrons. The molecule has 0 saturated heterocycles. The van der Waals surface area contributed by atoms with E-state index in [0.29, 0.717) is 20.7 Å². The number of amides is 1. The summed E-state index contributed by atoms with van der Waals surface area (Å²) < 4.78 is -1.31. The Balaban J connectivity index is 2.20. The largest absolute Gasteiger partial charge is 0.331 e. The maximum Gasteiger partial charge on any atom is 0.252 e. The lowest BCUT2D eigenvalue weighted by molar-refractivity contribution is 0.0934. The molecule has 1 aromatic carbocycles. The second-order valence-electron chi connectivity index (χ2n) is 5.14. The Morgan fingerprint density at radius 3 is 2.46 bits per heavy atom. The molecule has 1 heterocycles. The molecule has 28 heavy (non-hydrogen) atoms. The third-order valence-corrected chi connectivity index (χ3v) is 4.77. The third kappa shape index (κ3) is 6.69. The Morgan fingerprint density at radius 2 is 1.89 bits per heavy atom. The maximum absolute atomic E-state index is 12.5. The van der Waals surface area contributed by atoms with Crippen LogP contribution in [0.5, 0.6) is 0 Å². The molecule has 0 aliphatic heterocycles.